The first-order valence-electron chi connectivity index (χ1n) is 11.2. The van der Waals surface area contributed by atoms with Crippen LogP contribution >= 0.6 is 12.4 Å². The van der Waals surface area contributed by atoms with E-state index in [0.717, 1.165) is 10.5 Å². The second-order valence-electron chi connectivity index (χ2n) is 9.59. The van der Waals surface area contributed by atoms with Gasteiger partial charge in [0.25, 0.3) is 5.91 Å². The van der Waals surface area contributed by atoms with Crippen molar-refractivity contribution >= 4 is 36.3 Å². The fraction of sp³-hybridized carbons (Fsp3) is 0.583. The summed E-state index contributed by atoms with van der Waals surface area (Å²) in [6, 6.07) is 5.80. The van der Waals surface area contributed by atoms with Gasteiger partial charge in [-0.3, -0.25) is 14.9 Å². The summed E-state index contributed by atoms with van der Waals surface area (Å²) in [6.45, 7) is 8.74. The summed E-state index contributed by atoms with van der Waals surface area (Å²) in [5, 5.41) is 14.8. The maximum Gasteiger partial charge on any atom is 0.427 e. The smallest absolute Gasteiger partial charge is 0.427 e. The number of carbonyl (C=O) groups is 4. The number of esters is 1. The predicted molar refractivity (Wildman–Crippen MR) is 127 cm³/mol. The summed E-state index contributed by atoms with van der Waals surface area (Å²) < 4.78 is 4.91. The van der Waals surface area contributed by atoms with Crippen LogP contribution in [0.3, 0.4) is 0 Å². The van der Waals surface area contributed by atoms with Gasteiger partial charge in [0.2, 0.25) is 0 Å². The van der Waals surface area contributed by atoms with Crippen molar-refractivity contribution in [3.63, 3.8) is 0 Å². The fourth-order valence-corrected chi connectivity index (χ4v) is 3.91. The quantitative estimate of drug-likeness (QED) is 0.403. The number of quaternary nitrogens is 1. The number of imide groups is 1. The molecule has 1 N–H and O–H groups in total. The van der Waals surface area contributed by atoms with Crippen molar-refractivity contribution in [2.45, 2.75) is 71.1 Å². The lowest BCUT2D eigenvalue weighted by atomic mass is 10.0. The van der Waals surface area contributed by atoms with E-state index in [4.69, 9.17) is 4.74 Å². The van der Waals surface area contributed by atoms with E-state index in [1.54, 1.807) is 14.0 Å². The number of likely N-dealkylation sites (N-methyl/N-ethyl adjacent to an activating group) is 1. The average Bonchev–Trinajstić information content (AvgIpc) is 3.03. The summed E-state index contributed by atoms with van der Waals surface area (Å²) in [5.74, 6) is -2.71. The van der Waals surface area contributed by atoms with Gasteiger partial charge in [0.05, 0.1) is 31.2 Å². The zero-order chi connectivity index (χ0) is 25.0. The van der Waals surface area contributed by atoms with Crippen LogP contribution in [-0.2, 0) is 25.5 Å². The molecule has 1 aromatic carbocycles. The molecule has 0 aliphatic carbocycles. The van der Waals surface area contributed by atoms with Crippen molar-refractivity contribution in [1.29, 1.82) is 0 Å². The first-order valence-corrected chi connectivity index (χ1v) is 11.2. The number of ether oxygens (including phenoxy) is 1. The average molecular weight is 498 g/mol. The van der Waals surface area contributed by atoms with Crippen LogP contribution in [0.5, 0.6) is 0 Å². The van der Waals surface area contributed by atoms with Crippen molar-refractivity contribution in [3.8, 4) is 0 Å². The van der Waals surface area contributed by atoms with Crippen molar-refractivity contribution in [2.75, 3.05) is 20.2 Å². The highest BCUT2D eigenvalue weighted by Gasteiger charge is 2.58. The van der Waals surface area contributed by atoms with Gasteiger partial charge in [0.1, 0.15) is 18.6 Å². The van der Waals surface area contributed by atoms with Crippen molar-refractivity contribution in [2.24, 2.45) is 0 Å². The van der Waals surface area contributed by atoms with E-state index in [1.165, 1.54) is 6.92 Å². The molecule has 0 aromatic heterocycles. The number of nitrogens with zero attached hydrogens (tertiary/aromatic N) is 2. The lowest BCUT2D eigenvalue weighted by Gasteiger charge is -2.38. The van der Waals surface area contributed by atoms with E-state index in [2.05, 4.69) is 5.32 Å². The molecule has 3 amide bonds. The Morgan fingerprint density at radius 3 is 2.32 bits per heavy atom. The summed E-state index contributed by atoms with van der Waals surface area (Å²) >= 11 is 0. The van der Waals surface area contributed by atoms with Gasteiger partial charge in [-0.05, 0) is 53.0 Å². The molecule has 1 aromatic rings. The molecule has 1 saturated heterocycles. The first kappa shape index (κ1) is 29.5. The SMILES string of the molecule is CCOC(=O)[C@H](CCc1ccccc1)N[C@@H](C)C(=O)N1C(=O)[N+](C)(C(C)(C)C)C[C@H]1C(=O)[O-].Cl. The van der Waals surface area contributed by atoms with Crippen LogP contribution in [0.1, 0.15) is 46.6 Å². The molecule has 1 heterocycles. The monoisotopic (exact) mass is 497 g/mol. The number of amides is 3. The van der Waals surface area contributed by atoms with Gasteiger partial charge in [-0.15, -0.1) is 12.4 Å². The van der Waals surface area contributed by atoms with E-state index in [1.807, 2.05) is 51.1 Å². The van der Waals surface area contributed by atoms with E-state index < -0.39 is 47.5 Å². The van der Waals surface area contributed by atoms with E-state index in [-0.39, 0.29) is 30.0 Å². The van der Waals surface area contributed by atoms with Gasteiger partial charge in [0, 0.05) is 0 Å². The minimum Gasteiger partial charge on any atom is -0.548 e. The number of hydrogen-bond acceptors (Lipinski definition) is 7. The number of rotatable bonds is 9. The topological polar surface area (TPSA) is 116 Å². The molecule has 10 heteroatoms. The van der Waals surface area contributed by atoms with Crippen LogP contribution in [0.25, 0.3) is 0 Å². The highest BCUT2D eigenvalue weighted by Crippen LogP contribution is 2.32. The zero-order valence-electron chi connectivity index (χ0n) is 20.7. The van der Waals surface area contributed by atoms with Crippen LogP contribution in [0.2, 0.25) is 0 Å². The Morgan fingerprint density at radius 1 is 1.24 bits per heavy atom. The third kappa shape index (κ3) is 6.34. The molecule has 190 valence electrons. The van der Waals surface area contributed by atoms with Gasteiger partial charge in [-0.1, -0.05) is 30.3 Å². The molecule has 1 fully saturated rings. The molecular weight excluding hydrogens is 462 g/mol. The Kier molecular flexibility index (Phi) is 10.2. The second-order valence-corrected chi connectivity index (χ2v) is 9.59. The highest BCUT2D eigenvalue weighted by atomic mass is 35.5. The number of carbonyl (C=O) groups excluding carboxylic acids is 4. The van der Waals surface area contributed by atoms with Crippen molar-refractivity contribution in [1.82, 2.24) is 10.2 Å². The normalized spacial score (nSPS) is 22.0. The molecule has 9 nitrogen and oxygen atoms in total. The summed E-state index contributed by atoms with van der Waals surface area (Å²) in [5.41, 5.74) is 0.400. The van der Waals surface area contributed by atoms with Gasteiger partial charge in [-0.25, -0.2) is 14.2 Å². The van der Waals surface area contributed by atoms with E-state index >= 15 is 0 Å². The molecule has 4 atom stereocenters. The number of urea groups is 1. The predicted octanol–water partition coefficient (Wildman–Crippen LogP) is 1.28. The molecule has 1 unspecified atom stereocenters. The number of carboxylic acid groups (broad SMARTS) is 1. The molecule has 2 rings (SSSR count). The number of carboxylic acids is 1. The molecule has 0 radical (unpaired) electrons. The van der Waals surface area contributed by atoms with E-state index in [0.29, 0.717) is 12.8 Å². The number of hydrogen-bond donors (Lipinski definition) is 1. The summed E-state index contributed by atoms with van der Waals surface area (Å²) in [4.78, 5) is 51.6. The van der Waals surface area contributed by atoms with Crippen molar-refractivity contribution < 1.29 is 33.5 Å². The van der Waals surface area contributed by atoms with Crippen LogP contribution in [-0.4, -0.2) is 77.1 Å². The van der Waals surface area contributed by atoms with E-state index in [9.17, 15) is 24.3 Å². The second kappa shape index (κ2) is 11.8. The van der Waals surface area contributed by atoms with Gasteiger partial charge < -0.3 is 14.6 Å². The molecular formula is C24H36ClN3O6. The lowest BCUT2D eigenvalue weighted by Crippen LogP contribution is -2.60. The maximum absolute atomic E-state index is 13.3. The Bertz CT molecular complexity index is 888. The Hall–Kier alpha value is -2.49. The van der Waals surface area contributed by atoms with Crippen LogP contribution in [0.4, 0.5) is 4.79 Å². The third-order valence-electron chi connectivity index (χ3n) is 6.43. The molecule has 0 bridgehead atoms. The molecule has 34 heavy (non-hydrogen) atoms. The number of aryl methyl sites for hydroxylation is 1. The Morgan fingerprint density at radius 2 is 1.82 bits per heavy atom. The number of nitrogens with one attached hydrogen (secondary N) is 1. The first-order chi connectivity index (χ1) is 15.3. The van der Waals surface area contributed by atoms with Gasteiger partial charge >= 0.3 is 12.0 Å². The number of aliphatic carboxylic acids is 1. The summed E-state index contributed by atoms with van der Waals surface area (Å²) in [7, 11) is 1.62. The minimum absolute atomic E-state index is 0. The van der Waals surface area contributed by atoms with Gasteiger partial charge in [-0.2, -0.15) is 0 Å². The minimum atomic E-state index is -1.49. The maximum atomic E-state index is 13.3. The van der Waals surface area contributed by atoms with Gasteiger partial charge in [0.15, 0.2) is 0 Å². The van der Waals surface area contributed by atoms with Crippen LogP contribution in [0, 0.1) is 0 Å². The Balaban J connectivity index is 0.00000578. The summed E-state index contributed by atoms with van der Waals surface area (Å²) in [6.07, 6.45) is 0.940. The highest BCUT2D eigenvalue weighted by molar-refractivity contribution is 6.00. The van der Waals surface area contributed by atoms with Crippen molar-refractivity contribution in [3.05, 3.63) is 35.9 Å². The number of benzene rings is 1. The molecule has 0 saturated carbocycles. The molecule has 0 spiro atoms. The van der Waals surface area contributed by atoms with Crippen LogP contribution < -0.4 is 10.4 Å². The fourth-order valence-electron chi connectivity index (χ4n) is 3.91. The van der Waals surface area contributed by atoms with Crippen LogP contribution in [0.15, 0.2) is 30.3 Å². The third-order valence-corrected chi connectivity index (χ3v) is 6.43. The Labute approximate surface area is 207 Å². The largest absolute Gasteiger partial charge is 0.548 e. The number of halogens is 1. The standard InChI is InChI=1S/C24H35N3O6.ClH/c1-7-33-22(31)18(14-13-17-11-9-8-10-12-17)25-16(2)20(28)26-19(21(29)30)15-27(6,23(26)32)24(3,4)5;/h8-12,16,18-19,25H,7,13-15H2,1-6H3;1H/t16-,18-,19-,27?;/m0./s1. The molecule has 1 aliphatic rings. The lowest BCUT2D eigenvalue weighted by molar-refractivity contribution is -0.870. The molecule has 1 aliphatic heterocycles. The zero-order valence-corrected chi connectivity index (χ0v) is 21.5.